The first kappa shape index (κ1) is 23.9. The molecule has 0 spiro atoms. The van der Waals surface area contributed by atoms with Crippen LogP contribution in [0.3, 0.4) is 0 Å². The molecule has 0 aromatic heterocycles. The van der Waals surface area contributed by atoms with Crippen molar-refractivity contribution in [2.75, 3.05) is 7.05 Å². The molecule has 0 saturated heterocycles. The number of hydrogen-bond acceptors (Lipinski definition) is 1. The number of hydrogen-bond donors (Lipinski definition) is 1. The standard InChI is InChI=1S/C14H19NO.C3H8.2C2H6/c1-15-14(16)13-9-7-12(8-10-13)11-5-3-2-4-6-11;1-3-2;2*1-2/h7-11H,2-6H2,1H3,(H,15,16);3H2,1-2H3;2*1-2H3. The zero-order chi connectivity index (χ0) is 18.1. The van der Waals surface area contributed by atoms with Gasteiger partial charge in [-0.15, -0.1) is 0 Å². The average molecular weight is 322 g/mol. The second-order valence-electron chi connectivity index (χ2n) is 5.24. The highest BCUT2D eigenvalue weighted by Crippen LogP contribution is 2.32. The van der Waals surface area contributed by atoms with Crippen molar-refractivity contribution in [3.63, 3.8) is 0 Å². The lowest BCUT2D eigenvalue weighted by Gasteiger charge is -2.21. The first-order valence-electron chi connectivity index (χ1n) is 9.54. The summed E-state index contributed by atoms with van der Waals surface area (Å²) < 4.78 is 0. The molecule has 0 unspecified atom stereocenters. The van der Waals surface area contributed by atoms with Gasteiger partial charge in [-0.1, -0.05) is 79.4 Å². The highest BCUT2D eigenvalue weighted by Gasteiger charge is 2.15. The van der Waals surface area contributed by atoms with Crippen LogP contribution in [0.2, 0.25) is 0 Å². The molecule has 0 heterocycles. The monoisotopic (exact) mass is 321 g/mol. The number of carbonyl (C=O) groups excluding carboxylic acids is 1. The Bertz CT molecular complexity index is 364. The Balaban J connectivity index is 0. The lowest BCUT2D eigenvalue weighted by molar-refractivity contribution is 0.0963. The Morgan fingerprint density at radius 2 is 1.39 bits per heavy atom. The van der Waals surface area contributed by atoms with Gasteiger partial charge in [0.05, 0.1) is 0 Å². The minimum absolute atomic E-state index is 0.00445. The van der Waals surface area contributed by atoms with Crippen LogP contribution in [0.25, 0.3) is 0 Å². The molecule has 1 N–H and O–H groups in total. The predicted molar refractivity (Wildman–Crippen MR) is 104 cm³/mol. The predicted octanol–water partition coefficient (Wildman–Crippen LogP) is 6.56. The van der Waals surface area contributed by atoms with E-state index in [-0.39, 0.29) is 5.91 Å². The van der Waals surface area contributed by atoms with Crippen LogP contribution in [0.15, 0.2) is 24.3 Å². The Labute approximate surface area is 145 Å². The van der Waals surface area contributed by atoms with Gasteiger partial charge in [-0.25, -0.2) is 0 Å². The van der Waals surface area contributed by atoms with Crippen LogP contribution in [-0.2, 0) is 0 Å². The molecular formula is C21H39NO. The molecule has 1 aliphatic rings. The van der Waals surface area contributed by atoms with E-state index in [1.54, 1.807) is 7.05 Å². The summed E-state index contributed by atoms with van der Waals surface area (Å²) in [6, 6.07) is 8.09. The summed E-state index contributed by atoms with van der Waals surface area (Å²) in [4.78, 5) is 11.4. The molecule has 0 atom stereocenters. The maximum atomic E-state index is 11.4. The first-order valence-corrected chi connectivity index (χ1v) is 9.54. The third kappa shape index (κ3) is 10.1. The van der Waals surface area contributed by atoms with Gasteiger partial charge in [0, 0.05) is 12.6 Å². The van der Waals surface area contributed by atoms with Gasteiger partial charge in [0.1, 0.15) is 0 Å². The molecule has 1 aliphatic carbocycles. The topological polar surface area (TPSA) is 29.1 Å². The summed E-state index contributed by atoms with van der Waals surface area (Å²) in [5.41, 5.74) is 2.15. The van der Waals surface area contributed by atoms with Gasteiger partial charge in [-0.3, -0.25) is 4.79 Å². The number of benzene rings is 1. The molecule has 1 aromatic rings. The second kappa shape index (κ2) is 17.1. The van der Waals surface area contributed by atoms with Crippen LogP contribution in [0.5, 0.6) is 0 Å². The first-order chi connectivity index (χ1) is 11.2. The lowest BCUT2D eigenvalue weighted by Crippen LogP contribution is -2.17. The smallest absolute Gasteiger partial charge is 0.251 e. The minimum atomic E-state index is -0.00445. The van der Waals surface area contributed by atoms with E-state index in [4.69, 9.17) is 0 Å². The highest BCUT2D eigenvalue weighted by molar-refractivity contribution is 5.93. The van der Waals surface area contributed by atoms with Crippen molar-refractivity contribution in [1.82, 2.24) is 5.32 Å². The van der Waals surface area contributed by atoms with E-state index in [9.17, 15) is 4.79 Å². The Morgan fingerprint density at radius 1 is 0.957 bits per heavy atom. The summed E-state index contributed by atoms with van der Waals surface area (Å²) in [7, 11) is 1.66. The van der Waals surface area contributed by atoms with E-state index in [2.05, 4.69) is 31.3 Å². The quantitative estimate of drug-likeness (QED) is 0.656. The molecule has 1 saturated carbocycles. The van der Waals surface area contributed by atoms with Gasteiger partial charge in [0.15, 0.2) is 0 Å². The molecule has 0 radical (unpaired) electrons. The van der Waals surface area contributed by atoms with Gasteiger partial charge in [0.25, 0.3) is 5.91 Å². The number of amides is 1. The van der Waals surface area contributed by atoms with Crippen molar-refractivity contribution in [2.24, 2.45) is 0 Å². The summed E-state index contributed by atoms with van der Waals surface area (Å²) >= 11 is 0. The van der Waals surface area contributed by atoms with Gasteiger partial charge >= 0.3 is 0 Å². The third-order valence-corrected chi connectivity index (χ3v) is 3.48. The van der Waals surface area contributed by atoms with E-state index in [1.807, 2.05) is 39.8 Å². The van der Waals surface area contributed by atoms with E-state index < -0.39 is 0 Å². The summed E-state index contributed by atoms with van der Waals surface area (Å²) in [5, 5.41) is 2.64. The molecular weight excluding hydrogens is 282 g/mol. The normalized spacial score (nSPS) is 13.2. The zero-order valence-corrected chi connectivity index (χ0v) is 16.5. The van der Waals surface area contributed by atoms with Gasteiger partial charge < -0.3 is 5.32 Å². The molecule has 1 amide bonds. The van der Waals surface area contributed by atoms with Crippen molar-refractivity contribution < 1.29 is 4.79 Å². The van der Waals surface area contributed by atoms with E-state index >= 15 is 0 Å². The van der Waals surface area contributed by atoms with Crippen LogP contribution >= 0.6 is 0 Å². The van der Waals surface area contributed by atoms with E-state index in [0.29, 0.717) is 5.92 Å². The number of nitrogens with one attached hydrogen (secondary N) is 1. The van der Waals surface area contributed by atoms with Crippen molar-refractivity contribution in [3.8, 4) is 0 Å². The fraction of sp³-hybridized carbons (Fsp3) is 0.667. The van der Waals surface area contributed by atoms with Gasteiger partial charge in [0.2, 0.25) is 0 Å². The van der Waals surface area contributed by atoms with Crippen molar-refractivity contribution in [1.29, 1.82) is 0 Å². The van der Waals surface area contributed by atoms with E-state index in [1.165, 1.54) is 44.1 Å². The van der Waals surface area contributed by atoms with Crippen LogP contribution in [-0.4, -0.2) is 13.0 Å². The lowest BCUT2D eigenvalue weighted by atomic mass is 9.84. The maximum Gasteiger partial charge on any atom is 0.251 e. The molecule has 2 nitrogen and oxygen atoms in total. The maximum absolute atomic E-state index is 11.4. The van der Waals surface area contributed by atoms with Crippen molar-refractivity contribution in [3.05, 3.63) is 35.4 Å². The largest absolute Gasteiger partial charge is 0.355 e. The summed E-state index contributed by atoms with van der Waals surface area (Å²) in [6.07, 6.45) is 7.94. The Hall–Kier alpha value is -1.31. The fourth-order valence-corrected chi connectivity index (χ4v) is 2.49. The van der Waals surface area contributed by atoms with Crippen LogP contribution in [0, 0.1) is 0 Å². The van der Waals surface area contributed by atoms with Crippen LogP contribution in [0.1, 0.15) is 102 Å². The second-order valence-corrected chi connectivity index (χ2v) is 5.24. The average Bonchev–Trinajstić information content (AvgIpc) is 2.66. The van der Waals surface area contributed by atoms with Crippen LogP contribution in [0.4, 0.5) is 0 Å². The van der Waals surface area contributed by atoms with Gasteiger partial charge in [-0.2, -0.15) is 0 Å². The summed E-state index contributed by atoms with van der Waals surface area (Å²) in [6.45, 7) is 12.2. The molecule has 2 rings (SSSR count). The zero-order valence-electron chi connectivity index (χ0n) is 16.5. The molecule has 23 heavy (non-hydrogen) atoms. The number of carbonyl (C=O) groups is 1. The van der Waals surface area contributed by atoms with Gasteiger partial charge in [-0.05, 0) is 36.5 Å². The fourth-order valence-electron chi connectivity index (χ4n) is 2.49. The third-order valence-electron chi connectivity index (χ3n) is 3.48. The Morgan fingerprint density at radius 3 is 1.78 bits per heavy atom. The molecule has 1 aromatic carbocycles. The molecule has 0 bridgehead atoms. The SMILES string of the molecule is CC.CC.CCC.CNC(=O)c1ccc(C2CCCCC2)cc1. The van der Waals surface area contributed by atoms with Crippen molar-refractivity contribution in [2.45, 2.75) is 86.0 Å². The Kier molecular flexibility index (Phi) is 17.8. The molecule has 134 valence electrons. The van der Waals surface area contributed by atoms with Crippen LogP contribution < -0.4 is 5.32 Å². The summed E-state index contributed by atoms with van der Waals surface area (Å²) in [5.74, 6) is 0.711. The molecule has 2 heteroatoms. The number of rotatable bonds is 2. The van der Waals surface area contributed by atoms with Crippen molar-refractivity contribution >= 4 is 5.91 Å². The molecule has 1 fully saturated rings. The molecule has 0 aliphatic heterocycles. The highest BCUT2D eigenvalue weighted by atomic mass is 16.1. The minimum Gasteiger partial charge on any atom is -0.355 e. The van der Waals surface area contributed by atoms with E-state index in [0.717, 1.165) is 5.56 Å².